The molecule has 0 saturated heterocycles. The lowest BCUT2D eigenvalue weighted by molar-refractivity contribution is 0.227. The van der Waals surface area contributed by atoms with Crippen molar-refractivity contribution in [3.63, 3.8) is 0 Å². The standard InChI is InChI=1S/C14H19N3O2S/c15-11-14(12-5-2-1-3-6-12)9-13(10-14)17-7-4-8-20(16,18)19/h1-3,5-6,13,17H,4,7-10H2,(H2,16,18,19). The molecule has 0 radical (unpaired) electrons. The highest BCUT2D eigenvalue weighted by molar-refractivity contribution is 7.89. The van der Waals surface area contributed by atoms with E-state index in [1.165, 1.54) is 0 Å². The smallest absolute Gasteiger partial charge is 0.209 e. The number of hydrogen-bond donors (Lipinski definition) is 2. The summed E-state index contributed by atoms with van der Waals surface area (Å²) in [5.74, 6) is -0.00516. The number of benzene rings is 1. The Kier molecular flexibility index (Phi) is 4.43. The van der Waals surface area contributed by atoms with E-state index in [2.05, 4.69) is 11.4 Å². The van der Waals surface area contributed by atoms with Crippen LogP contribution >= 0.6 is 0 Å². The lowest BCUT2D eigenvalue weighted by Crippen LogP contribution is -2.51. The number of nitrogens with one attached hydrogen (secondary N) is 1. The van der Waals surface area contributed by atoms with Crippen LogP contribution in [0.15, 0.2) is 30.3 Å². The van der Waals surface area contributed by atoms with Crippen molar-refractivity contribution >= 4 is 10.0 Å². The summed E-state index contributed by atoms with van der Waals surface area (Å²) in [6, 6.07) is 12.5. The number of rotatable bonds is 6. The number of nitriles is 1. The van der Waals surface area contributed by atoms with Crippen LogP contribution in [-0.4, -0.2) is 26.8 Å². The van der Waals surface area contributed by atoms with Crippen molar-refractivity contribution in [2.24, 2.45) is 5.14 Å². The molecule has 0 bridgehead atoms. The van der Waals surface area contributed by atoms with Gasteiger partial charge in [0.2, 0.25) is 10.0 Å². The highest BCUT2D eigenvalue weighted by Crippen LogP contribution is 2.43. The second-order valence-corrected chi connectivity index (χ2v) is 7.07. The molecule has 108 valence electrons. The molecule has 1 aliphatic carbocycles. The van der Waals surface area contributed by atoms with E-state index in [0.717, 1.165) is 18.4 Å². The molecule has 3 N–H and O–H groups in total. The lowest BCUT2D eigenvalue weighted by atomic mass is 9.62. The first-order valence-corrected chi connectivity index (χ1v) is 8.37. The van der Waals surface area contributed by atoms with Crippen LogP contribution in [0.25, 0.3) is 0 Å². The molecule has 0 heterocycles. The van der Waals surface area contributed by atoms with Gasteiger partial charge >= 0.3 is 0 Å². The van der Waals surface area contributed by atoms with Gasteiger partial charge in [-0.05, 0) is 31.4 Å². The minimum absolute atomic E-state index is 0.00516. The molecule has 1 aromatic carbocycles. The van der Waals surface area contributed by atoms with Gasteiger partial charge in [0.1, 0.15) is 0 Å². The molecule has 2 rings (SSSR count). The zero-order valence-corrected chi connectivity index (χ0v) is 12.1. The zero-order valence-electron chi connectivity index (χ0n) is 11.2. The third kappa shape index (κ3) is 3.57. The van der Waals surface area contributed by atoms with E-state index in [9.17, 15) is 13.7 Å². The van der Waals surface area contributed by atoms with Gasteiger partial charge < -0.3 is 5.32 Å². The molecule has 0 aliphatic heterocycles. The molecule has 0 spiro atoms. The van der Waals surface area contributed by atoms with E-state index >= 15 is 0 Å². The predicted octanol–water partition coefficient (Wildman–Crippen LogP) is 0.879. The van der Waals surface area contributed by atoms with Crippen LogP contribution in [0.2, 0.25) is 0 Å². The molecule has 1 aromatic rings. The minimum Gasteiger partial charge on any atom is -0.314 e. The van der Waals surface area contributed by atoms with Crippen molar-refractivity contribution < 1.29 is 8.42 Å². The average Bonchev–Trinajstić information content (AvgIpc) is 2.37. The van der Waals surface area contributed by atoms with Crippen molar-refractivity contribution in [2.75, 3.05) is 12.3 Å². The topological polar surface area (TPSA) is 96.0 Å². The first kappa shape index (κ1) is 15.0. The van der Waals surface area contributed by atoms with Gasteiger partial charge in [0.15, 0.2) is 0 Å². The minimum atomic E-state index is -3.37. The Morgan fingerprint density at radius 3 is 2.55 bits per heavy atom. The summed E-state index contributed by atoms with van der Waals surface area (Å²) in [4.78, 5) is 0. The molecule has 1 aliphatic rings. The summed E-state index contributed by atoms with van der Waals surface area (Å²) < 4.78 is 21.6. The molecule has 0 atom stereocenters. The van der Waals surface area contributed by atoms with Crippen LogP contribution in [0.3, 0.4) is 0 Å². The van der Waals surface area contributed by atoms with Gasteiger partial charge in [0, 0.05) is 6.04 Å². The molecule has 1 fully saturated rings. The van der Waals surface area contributed by atoms with Crippen molar-refractivity contribution in [1.29, 1.82) is 5.26 Å². The van der Waals surface area contributed by atoms with Gasteiger partial charge in [0.25, 0.3) is 0 Å². The van der Waals surface area contributed by atoms with E-state index in [1.807, 2.05) is 30.3 Å². The van der Waals surface area contributed by atoms with Gasteiger partial charge in [-0.25, -0.2) is 13.6 Å². The molecule has 1 saturated carbocycles. The molecule has 0 aromatic heterocycles. The summed E-state index contributed by atoms with van der Waals surface area (Å²) in [6.45, 7) is 0.609. The van der Waals surface area contributed by atoms with Crippen LogP contribution in [-0.2, 0) is 15.4 Å². The Bertz CT molecular complexity index is 587. The van der Waals surface area contributed by atoms with Crippen molar-refractivity contribution in [2.45, 2.75) is 30.7 Å². The number of primary sulfonamides is 1. The summed E-state index contributed by atoms with van der Waals surface area (Å²) in [5, 5.41) is 17.6. The summed E-state index contributed by atoms with van der Waals surface area (Å²) in [7, 11) is -3.37. The number of nitrogens with two attached hydrogens (primary N) is 1. The predicted molar refractivity (Wildman–Crippen MR) is 77.3 cm³/mol. The lowest BCUT2D eigenvalue weighted by Gasteiger charge is -2.43. The fraction of sp³-hybridized carbons (Fsp3) is 0.500. The summed E-state index contributed by atoms with van der Waals surface area (Å²) in [6.07, 6.45) is 2.03. The maximum absolute atomic E-state index is 10.8. The first-order valence-electron chi connectivity index (χ1n) is 6.66. The number of hydrogen-bond acceptors (Lipinski definition) is 4. The van der Waals surface area contributed by atoms with Crippen LogP contribution < -0.4 is 10.5 Å². The second kappa shape index (κ2) is 5.92. The highest BCUT2D eigenvalue weighted by Gasteiger charge is 2.45. The van der Waals surface area contributed by atoms with Gasteiger partial charge in [-0.15, -0.1) is 0 Å². The second-order valence-electron chi connectivity index (χ2n) is 5.34. The van der Waals surface area contributed by atoms with Gasteiger partial charge in [-0.2, -0.15) is 5.26 Å². The van der Waals surface area contributed by atoms with E-state index in [-0.39, 0.29) is 11.8 Å². The zero-order chi connectivity index (χ0) is 14.6. The van der Waals surface area contributed by atoms with Gasteiger partial charge in [-0.3, -0.25) is 0 Å². The quantitative estimate of drug-likeness (QED) is 0.761. The van der Waals surface area contributed by atoms with Crippen LogP contribution in [0, 0.1) is 11.3 Å². The fourth-order valence-corrected chi connectivity index (χ4v) is 3.20. The van der Waals surface area contributed by atoms with Crippen molar-refractivity contribution in [3.05, 3.63) is 35.9 Å². The highest BCUT2D eigenvalue weighted by atomic mass is 32.2. The van der Waals surface area contributed by atoms with Crippen LogP contribution in [0.5, 0.6) is 0 Å². The fourth-order valence-electron chi connectivity index (χ4n) is 2.65. The third-order valence-electron chi connectivity index (χ3n) is 3.77. The van der Waals surface area contributed by atoms with Gasteiger partial charge in [-0.1, -0.05) is 30.3 Å². The molecule has 5 nitrogen and oxygen atoms in total. The third-order valence-corrected chi connectivity index (χ3v) is 4.63. The van der Waals surface area contributed by atoms with E-state index in [0.29, 0.717) is 13.0 Å². The van der Waals surface area contributed by atoms with Gasteiger partial charge in [0.05, 0.1) is 17.2 Å². The maximum Gasteiger partial charge on any atom is 0.209 e. The Balaban J connectivity index is 1.80. The molecular weight excluding hydrogens is 274 g/mol. The molecule has 0 amide bonds. The number of sulfonamides is 1. The SMILES string of the molecule is N#CC1(c2ccccc2)CC(NCCCS(N)(=O)=O)C1. The molecular formula is C14H19N3O2S. The normalized spacial score (nSPS) is 25.7. The Hall–Kier alpha value is -1.42. The average molecular weight is 293 g/mol. The number of nitrogens with zero attached hydrogens (tertiary/aromatic N) is 1. The summed E-state index contributed by atoms with van der Waals surface area (Å²) >= 11 is 0. The van der Waals surface area contributed by atoms with E-state index < -0.39 is 15.4 Å². The van der Waals surface area contributed by atoms with E-state index in [4.69, 9.17) is 5.14 Å². The van der Waals surface area contributed by atoms with Crippen molar-refractivity contribution in [1.82, 2.24) is 5.32 Å². The first-order chi connectivity index (χ1) is 9.45. The molecule has 6 heteroatoms. The molecule has 0 unspecified atom stereocenters. The Labute approximate surface area is 119 Å². The Morgan fingerprint density at radius 1 is 1.35 bits per heavy atom. The van der Waals surface area contributed by atoms with Crippen LogP contribution in [0.1, 0.15) is 24.8 Å². The van der Waals surface area contributed by atoms with Crippen LogP contribution in [0.4, 0.5) is 0 Å². The Morgan fingerprint density at radius 2 is 2.00 bits per heavy atom. The summed E-state index contributed by atoms with van der Waals surface area (Å²) in [5.41, 5.74) is 0.670. The molecule has 20 heavy (non-hydrogen) atoms. The largest absolute Gasteiger partial charge is 0.314 e. The maximum atomic E-state index is 10.8. The van der Waals surface area contributed by atoms with Crippen molar-refractivity contribution in [3.8, 4) is 6.07 Å². The van der Waals surface area contributed by atoms with E-state index in [1.54, 1.807) is 0 Å². The monoisotopic (exact) mass is 293 g/mol.